The lowest BCUT2D eigenvalue weighted by Crippen LogP contribution is -2.35. The zero-order valence-corrected chi connectivity index (χ0v) is 17.4. The molecule has 7 nitrogen and oxygen atoms in total. The fraction of sp³-hybridized carbons (Fsp3) is 0.250. The molecule has 4 aromatic rings. The van der Waals surface area contributed by atoms with Crippen molar-refractivity contribution in [3.05, 3.63) is 72.3 Å². The number of carbonyl (C=O) groups excluding carboxylic acids is 1. The fourth-order valence-corrected chi connectivity index (χ4v) is 3.89. The minimum Gasteiger partial charge on any atom is -0.456 e. The summed E-state index contributed by atoms with van der Waals surface area (Å²) in [5, 5.41) is 8.75. The predicted molar refractivity (Wildman–Crippen MR) is 118 cm³/mol. The fourth-order valence-electron chi connectivity index (χ4n) is 3.89. The van der Waals surface area contributed by atoms with Crippen LogP contribution in [0.5, 0.6) is 0 Å². The third-order valence-corrected chi connectivity index (χ3v) is 5.61. The number of benzene rings is 1. The van der Waals surface area contributed by atoms with Gasteiger partial charge in [0.15, 0.2) is 0 Å². The van der Waals surface area contributed by atoms with Gasteiger partial charge >= 0.3 is 0 Å². The molecule has 0 fully saturated rings. The van der Waals surface area contributed by atoms with Gasteiger partial charge in [0.05, 0.1) is 12.7 Å². The van der Waals surface area contributed by atoms with Gasteiger partial charge in [0.25, 0.3) is 0 Å². The van der Waals surface area contributed by atoms with E-state index in [2.05, 4.69) is 39.6 Å². The molecule has 0 N–H and O–H groups in total. The number of fused-ring (bicyclic) bond motifs is 1. The Hall–Kier alpha value is -3.74. The molecule has 1 aliphatic heterocycles. The number of aryl methyl sites for hydroxylation is 2. The number of hydrogen-bond acceptors (Lipinski definition) is 5. The standard InChI is InChI=1S/C24H23N5O2/c1-17-4-5-19(15-25-17)23-14-21-13-18(6-7-22(21)31-23)20-3-2-10-28(16-20)24(30)8-11-29-12-9-26-27-29/h3-7,9,12-15H,2,8,10-11,16H2,1H3. The summed E-state index contributed by atoms with van der Waals surface area (Å²) in [6.45, 7) is 3.88. The van der Waals surface area contributed by atoms with Crippen molar-refractivity contribution in [1.29, 1.82) is 0 Å². The summed E-state index contributed by atoms with van der Waals surface area (Å²) in [5.74, 6) is 0.946. The highest BCUT2D eigenvalue weighted by molar-refractivity contribution is 5.87. The molecule has 7 heteroatoms. The predicted octanol–water partition coefficient (Wildman–Crippen LogP) is 4.10. The minimum absolute atomic E-state index is 0.139. The maximum absolute atomic E-state index is 12.7. The summed E-state index contributed by atoms with van der Waals surface area (Å²) in [5.41, 5.74) is 5.07. The van der Waals surface area contributed by atoms with Crippen molar-refractivity contribution >= 4 is 22.4 Å². The van der Waals surface area contributed by atoms with Crippen LogP contribution >= 0.6 is 0 Å². The molecular formula is C24H23N5O2. The average Bonchev–Trinajstić information content (AvgIpc) is 3.47. The zero-order valence-electron chi connectivity index (χ0n) is 17.4. The van der Waals surface area contributed by atoms with Crippen molar-refractivity contribution in [3.8, 4) is 11.3 Å². The lowest BCUT2D eigenvalue weighted by atomic mass is 9.99. The molecule has 0 atom stereocenters. The molecular weight excluding hydrogens is 390 g/mol. The number of rotatable bonds is 5. The van der Waals surface area contributed by atoms with Crippen LogP contribution in [-0.2, 0) is 11.3 Å². The van der Waals surface area contributed by atoms with Crippen LogP contribution in [0, 0.1) is 6.92 Å². The van der Waals surface area contributed by atoms with E-state index in [0.717, 1.165) is 46.5 Å². The summed E-state index contributed by atoms with van der Waals surface area (Å²) in [6, 6.07) is 12.3. The Morgan fingerprint density at radius 1 is 1.16 bits per heavy atom. The monoisotopic (exact) mass is 413 g/mol. The second kappa shape index (κ2) is 8.18. The van der Waals surface area contributed by atoms with Crippen LogP contribution in [-0.4, -0.2) is 43.9 Å². The van der Waals surface area contributed by atoms with E-state index in [1.165, 1.54) is 5.57 Å². The summed E-state index contributed by atoms with van der Waals surface area (Å²) in [4.78, 5) is 19.0. The quantitative estimate of drug-likeness (QED) is 0.492. The van der Waals surface area contributed by atoms with Gasteiger partial charge in [-0.05, 0) is 54.8 Å². The van der Waals surface area contributed by atoms with Gasteiger partial charge < -0.3 is 9.32 Å². The van der Waals surface area contributed by atoms with E-state index in [1.807, 2.05) is 36.2 Å². The molecule has 1 aliphatic rings. The van der Waals surface area contributed by atoms with Crippen LogP contribution < -0.4 is 0 Å². The van der Waals surface area contributed by atoms with Gasteiger partial charge in [0.2, 0.25) is 5.91 Å². The third-order valence-electron chi connectivity index (χ3n) is 5.61. The maximum atomic E-state index is 12.7. The van der Waals surface area contributed by atoms with Crippen LogP contribution in [0.4, 0.5) is 0 Å². The molecule has 31 heavy (non-hydrogen) atoms. The van der Waals surface area contributed by atoms with E-state index in [1.54, 1.807) is 17.1 Å². The molecule has 0 unspecified atom stereocenters. The number of nitrogens with zero attached hydrogens (tertiary/aromatic N) is 5. The molecule has 1 amide bonds. The minimum atomic E-state index is 0.139. The van der Waals surface area contributed by atoms with Gasteiger partial charge in [-0.1, -0.05) is 17.4 Å². The van der Waals surface area contributed by atoms with Crippen molar-refractivity contribution in [1.82, 2.24) is 24.9 Å². The summed E-state index contributed by atoms with van der Waals surface area (Å²) < 4.78 is 7.71. The van der Waals surface area contributed by atoms with Crippen molar-refractivity contribution in [3.63, 3.8) is 0 Å². The van der Waals surface area contributed by atoms with Gasteiger partial charge in [0, 0.05) is 48.5 Å². The van der Waals surface area contributed by atoms with E-state index < -0.39 is 0 Å². The maximum Gasteiger partial charge on any atom is 0.224 e. The molecule has 4 heterocycles. The number of pyridine rings is 1. The second-order valence-electron chi connectivity index (χ2n) is 7.80. The molecule has 0 spiro atoms. The molecule has 1 aromatic carbocycles. The lowest BCUT2D eigenvalue weighted by molar-refractivity contribution is -0.131. The van der Waals surface area contributed by atoms with Crippen LogP contribution in [0.3, 0.4) is 0 Å². The summed E-state index contributed by atoms with van der Waals surface area (Å²) in [6.07, 6.45) is 8.74. The summed E-state index contributed by atoms with van der Waals surface area (Å²) in [7, 11) is 0. The van der Waals surface area contributed by atoms with E-state index in [-0.39, 0.29) is 5.91 Å². The first kappa shape index (κ1) is 19.2. The van der Waals surface area contributed by atoms with Crippen molar-refractivity contribution < 1.29 is 9.21 Å². The number of furan rings is 1. The highest BCUT2D eigenvalue weighted by Gasteiger charge is 2.19. The number of hydrogen-bond donors (Lipinski definition) is 0. The van der Waals surface area contributed by atoms with Crippen molar-refractivity contribution in [2.75, 3.05) is 13.1 Å². The lowest BCUT2D eigenvalue weighted by Gasteiger charge is -2.27. The Morgan fingerprint density at radius 2 is 2.06 bits per heavy atom. The Labute approximate surface area is 180 Å². The Kier molecular flexibility index (Phi) is 5.08. The van der Waals surface area contributed by atoms with Gasteiger partial charge in [-0.2, -0.15) is 0 Å². The normalized spacial score (nSPS) is 14.1. The number of aromatic nitrogens is 4. The largest absolute Gasteiger partial charge is 0.456 e. The molecule has 0 aliphatic carbocycles. The second-order valence-corrected chi connectivity index (χ2v) is 7.80. The Bertz CT molecular complexity index is 1240. The van der Waals surface area contributed by atoms with Crippen molar-refractivity contribution in [2.24, 2.45) is 0 Å². The SMILES string of the molecule is Cc1ccc(-c2cc3cc(C4=CCCN(C(=O)CCn5ccnn5)C4)ccc3o2)cn1. The first-order valence-corrected chi connectivity index (χ1v) is 10.4. The molecule has 0 saturated carbocycles. The zero-order chi connectivity index (χ0) is 21.2. The third kappa shape index (κ3) is 4.12. The van der Waals surface area contributed by atoms with Crippen LogP contribution in [0.1, 0.15) is 24.1 Å². The van der Waals surface area contributed by atoms with Crippen LogP contribution in [0.2, 0.25) is 0 Å². The van der Waals surface area contributed by atoms with Crippen LogP contribution in [0.15, 0.2) is 65.5 Å². The first-order valence-electron chi connectivity index (χ1n) is 10.4. The van der Waals surface area contributed by atoms with E-state index in [0.29, 0.717) is 19.5 Å². The highest BCUT2D eigenvalue weighted by atomic mass is 16.3. The average molecular weight is 413 g/mol. The van der Waals surface area contributed by atoms with Crippen LogP contribution in [0.25, 0.3) is 27.9 Å². The summed E-state index contributed by atoms with van der Waals surface area (Å²) >= 11 is 0. The number of carbonyl (C=O) groups is 1. The molecule has 156 valence electrons. The van der Waals surface area contributed by atoms with Gasteiger partial charge in [-0.25, -0.2) is 0 Å². The van der Waals surface area contributed by atoms with E-state index in [4.69, 9.17) is 4.42 Å². The molecule has 0 radical (unpaired) electrons. The number of amides is 1. The smallest absolute Gasteiger partial charge is 0.224 e. The highest BCUT2D eigenvalue weighted by Crippen LogP contribution is 2.31. The Morgan fingerprint density at radius 3 is 2.87 bits per heavy atom. The molecule has 0 bridgehead atoms. The van der Waals surface area contributed by atoms with Crippen molar-refractivity contribution in [2.45, 2.75) is 26.3 Å². The molecule has 5 rings (SSSR count). The van der Waals surface area contributed by atoms with Gasteiger partial charge in [-0.15, -0.1) is 5.10 Å². The molecule has 3 aromatic heterocycles. The van der Waals surface area contributed by atoms with E-state index >= 15 is 0 Å². The Balaban J connectivity index is 1.32. The molecule has 0 saturated heterocycles. The first-order chi connectivity index (χ1) is 15.2. The van der Waals surface area contributed by atoms with Gasteiger partial charge in [0.1, 0.15) is 11.3 Å². The van der Waals surface area contributed by atoms with Gasteiger partial charge in [-0.3, -0.25) is 14.5 Å². The topological polar surface area (TPSA) is 77.0 Å². The van der Waals surface area contributed by atoms with E-state index in [9.17, 15) is 4.79 Å².